The number of carbonyl (C=O) groups is 1. The Kier molecular flexibility index (Phi) is 3.74. The van der Waals surface area contributed by atoms with Crippen LogP contribution in [0.3, 0.4) is 0 Å². The van der Waals surface area contributed by atoms with Crippen molar-refractivity contribution in [3.8, 4) is 0 Å². The first-order chi connectivity index (χ1) is 6.02. The molecule has 1 aromatic heterocycles. The summed E-state index contributed by atoms with van der Waals surface area (Å²) in [5.74, 6) is 0. The van der Waals surface area contributed by atoms with E-state index in [0.717, 1.165) is 0 Å². The first-order valence-corrected chi connectivity index (χ1v) is 5.26. The van der Waals surface area contributed by atoms with Gasteiger partial charge in [0.05, 0.1) is 19.9 Å². The minimum atomic E-state index is -1.13. The van der Waals surface area contributed by atoms with Crippen molar-refractivity contribution in [2.75, 3.05) is 5.32 Å². The average molecular weight is 377 g/mol. The first-order valence-electron chi connectivity index (χ1n) is 3.02. The third-order valence-corrected chi connectivity index (χ3v) is 4.31. The Morgan fingerprint density at radius 1 is 1.77 bits per heavy atom. The molecule has 2 N–H and O–H groups in total. The molecule has 0 atom stereocenters. The summed E-state index contributed by atoms with van der Waals surface area (Å²) < 4.78 is 1.26. The highest BCUT2D eigenvalue weighted by molar-refractivity contribution is 14.1. The zero-order chi connectivity index (χ0) is 10.0. The van der Waals surface area contributed by atoms with E-state index < -0.39 is 6.09 Å². The first kappa shape index (κ1) is 11.0. The SMILES string of the molecule is O=C(O)Nc1cnc(Cl)c(Br)c1I. The van der Waals surface area contributed by atoms with E-state index in [2.05, 4.69) is 26.2 Å². The van der Waals surface area contributed by atoms with Gasteiger partial charge in [0.15, 0.2) is 0 Å². The summed E-state index contributed by atoms with van der Waals surface area (Å²) >= 11 is 10.8. The van der Waals surface area contributed by atoms with Crippen molar-refractivity contribution in [1.29, 1.82) is 0 Å². The Balaban J connectivity index is 3.10. The minimum Gasteiger partial charge on any atom is -0.465 e. The van der Waals surface area contributed by atoms with Gasteiger partial charge in [-0.05, 0) is 38.5 Å². The number of rotatable bonds is 1. The van der Waals surface area contributed by atoms with Crippen LogP contribution in [-0.2, 0) is 0 Å². The van der Waals surface area contributed by atoms with Crippen molar-refractivity contribution >= 4 is 61.9 Å². The molecule has 0 aliphatic carbocycles. The van der Waals surface area contributed by atoms with E-state index in [9.17, 15) is 4.79 Å². The molecule has 1 aromatic rings. The Morgan fingerprint density at radius 3 is 2.92 bits per heavy atom. The summed E-state index contributed by atoms with van der Waals surface area (Å²) in [6.07, 6.45) is 0.233. The molecule has 0 saturated carbocycles. The van der Waals surface area contributed by atoms with Crippen LogP contribution < -0.4 is 5.32 Å². The maximum absolute atomic E-state index is 10.3. The molecule has 0 fully saturated rings. The summed E-state index contributed by atoms with van der Waals surface area (Å²) in [6, 6.07) is 0. The van der Waals surface area contributed by atoms with Crippen molar-refractivity contribution in [2.24, 2.45) is 0 Å². The quantitative estimate of drug-likeness (QED) is 0.584. The molecule has 0 unspecified atom stereocenters. The van der Waals surface area contributed by atoms with Gasteiger partial charge in [-0.1, -0.05) is 11.6 Å². The lowest BCUT2D eigenvalue weighted by Gasteiger charge is -2.05. The molecule has 0 aliphatic rings. The van der Waals surface area contributed by atoms with E-state index in [4.69, 9.17) is 16.7 Å². The molecule has 7 heteroatoms. The molecule has 0 aromatic carbocycles. The van der Waals surface area contributed by atoms with Crippen molar-refractivity contribution in [1.82, 2.24) is 4.98 Å². The van der Waals surface area contributed by atoms with Crippen molar-refractivity contribution in [2.45, 2.75) is 0 Å². The second-order valence-electron chi connectivity index (χ2n) is 2.02. The minimum absolute atomic E-state index is 0.306. The van der Waals surface area contributed by atoms with Gasteiger partial charge in [0.2, 0.25) is 0 Å². The van der Waals surface area contributed by atoms with Crippen LogP contribution >= 0.6 is 50.1 Å². The molecule has 70 valence electrons. The molecule has 4 nitrogen and oxygen atoms in total. The van der Waals surface area contributed by atoms with Crippen LogP contribution in [0.2, 0.25) is 5.15 Å². The smallest absolute Gasteiger partial charge is 0.409 e. The van der Waals surface area contributed by atoms with Gasteiger partial charge in [-0.2, -0.15) is 0 Å². The third-order valence-electron chi connectivity index (χ3n) is 1.16. The molecule has 0 bridgehead atoms. The van der Waals surface area contributed by atoms with Gasteiger partial charge in [-0.15, -0.1) is 0 Å². The highest BCUT2D eigenvalue weighted by Gasteiger charge is 2.10. The van der Waals surface area contributed by atoms with Gasteiger partial charge in [0.1, 0.15) is 5.15 Å². The van der Waals surface area contributed by atoms with Gasteiger partial charge in [-0.3, -0.25) is 5.32 Å². The predicted octanol–water partition coefficient (Wildman–Crippen LogP) is 3.19. The zero-order valence-corrected chi connectivity index (χ0v) is 10.5. The van der Waals surface area contributed by atoms with Crippen molar-refractivity contribution < 1.29 is 9.90 Å². The van der Waals surface area contributed by atoms with E-state index in [0.29, 0.717) is 18.9 Å². The molecular weight excluding hydrogens is 374 g/mol. The summed E-state index contributed by atoms with van der Waals surface area (Å²) in [5, 5.41) is 11.0. The van der Waals surface area contributed by atoms with Gasteiger partial charge < -0.3 is 5.11 Å². The van der Waals surface area contributed by atoms with E-state index in [-0.39, 0.29) is 0 Å². The van der Waals surface area contributed by atoms with Gasteiger partial charge in [0, 0.05) is 0 Å². The maximum atomic E-state index is 10.3. The molecule has 1 heterocycles. The lowest BCUT2D eigenvalue weighted by Crippen LogP contribution is -2.09. The molecule has 1 amide bonds. The van der Waals surface area contributed by atoms with Crippen LogP contribution in [0.5, 0.6) is 0 Å². The number of halogens is 3. The molecular formula is C6H3BrClIN2O2. The standard InChI is InChI=1S/C6H3BrClIN2O2/c7-3-4(9)2(11-6(12)13)1-10-5(3)8/h1,11H,(H,12,13). The Morgan fingerprint density at radius 2 is 2.38 bits per heavy atom. The molecule has 0 radical (unpaired) electrons. The topological polar surface area (TPSA) is 62.2 Å². The highest BCUT2D eigenvalue weighted by atomic mass is 127. The normalized spacial score (nSPS) is 9.77. The fraction of sp³-hybridized carbons (Fsp3) is 0. The third kappa shape index (κ3) is 2.68. The second kappa shape index (κ2) is 4.43. The Bertz CT molecular complexity index is 361. The highest BCUT2D eigenvalue weighted by Crippen LogP contribution is 2.30. The largest absolute Gasteiger partial charge is 0.465 e. The number of hydrogen-bond donors (Lipinski definition) is 2. The summed E-state index contributed by atoms with van der Waals surface area (Å²) in [7, 11) is 0. The Hall–Kier alpha value is -0.0800. The molecule has 0 aliphatic heterocycles. The number of hydrogen-bond acceptors (Lipinski definition) is 2. The predicted molar refractivity (Wildman–Crippen MR) is 61.3 cm³/mol. The van der Waals surface area contributed by atoms with Crippen LogP contribution in [0, 0.1) is 3.57 Å². The zero-order valence-electron chi connectivity index (χ0n) is 6.01. The van der Waals surface area contributed by atoms with Crippen molar-refractivity contribution in [3.05, 3.63) is 19.4 Å². The van der Waals surface area contributed by atoms with Crippen LogP contribution in [0.15, 0.2) is 10.7 Å². The Labute approximate surface area is 101 Å². The van der Waals surface area contributed by atoms with Crippen molar-refractivity contribution in [3.63, 3.8) is 0 Å². The number of aromatic nitrogens is 1. The number of amides is 1. The lowest BCUT2D eigenvalue weighted by atomic mass is 10.4. The van der Waals surface area contributed by atoms with E-state index in [1.54, 1.807) is 0 Å². The molecule has 0 spiro atoms. The summed E-state index contributed by atoms with van der Waals surface area (Å²) in [6.45, 7) is 0. The second-order valence-corrected chi connectivity index (χ2v) is 4.25. The average Bonchev–Trinajstić information content (AvgIpc) is 2.06. The molecule has 1 rings (SSSR count). The van der Waals surface area contributed by atoms with Crippen LogP contribution in [-0.4, -0.2) is 16.2 Å². The van der Waals surface area contributed by atoms with Crippen LogP contribution in [0.1, 0.15) is 0 Å². The number of pyridine rings is 1. The van der Waals surface area contributed by atoms with Gasteiger partial charge >= 0.3 is 6.09 Å². The monoisotopic (exact) mass is 376 g/mol. The maximum Gasteiger partial charge on any atom is 0.409 e. The number of nitrogens with zero attached hydrogens (tertiary/aromatic N) is 1. The number of nitrogens with one attached hydrogen (secondary N) is 1. The summed E-state index contributed by atoms with van der Waals surface area (Å²) in [4.78, 5) is 14.1. The lowest BCUT2D eigenvalue weighted by molar-refractivity contribution is 0.209. The van der Waals surface area contributed by atoms with Crippen LogP contribution in [0.25, 0.3) is 0 Å². The fourth-order valence-corrected chi connectivity index (χ4v) is 1.79. The number of anilines is 1. The van der Waals surface area contributed by atoms with Gasteiger partial charge in [0.25, 0.3) is 0 Å². The molecule has 0 saturated heterocycles. The number of carboxylic acid groups (broad SMARTS) is 1. The van der Waals surface area contributed by atoms with E-state index in [1.807, 2.05) is 22.6 Å². The van der Waals surface area contributed by atoms with Gasteiger partial charge in [-0.25, -0.2) is 9.78 Å². The fourth-order valence-electron chi connectivity index (χ4n) is 0.646. The van der Waals surface area contributed by atoms with E-state index >= 15 is 0 Å². The van der Waals surface area contributed by atoms with E-state index in [1.165, 1.54) is 6.20 Å². The summed E-state index contributed by atoms with van der Waals surface area (Å²) in [5.41, 5.74) is 0.407. The molecule has 13 heavy (non-hydrogen) atoms. The van der Waals surface area contributed by atoms with Crippen LogP contribution in [0.4, 0.5) is 10.5 Å².